The lowest BCUT2D eigenvalue weighted by Gasteiger charge is -2.11. The van der Waals surface area contributed by atoms with E-state index in [9.17, 15) is 18.0 Å². The van der Waals surface area contributed by atoms with Gasteiger partial charge in [-0.15, -0.1) is 0 Å². The molecule has 168 valence electrons. The smallest absolute Gasteiger partial charge is 0.354 e. The molecule has 3 aromatic rings. The molecular weight excluding hydrogens is 441 g/mol. The van der Waals surface area contributed by atoms with Gasteiger partial charge in [0.2, 0.25) is 5.95 Å². The van der Waals surface area contributed by atoms with Gasteiger partial charge >= 0.3 is 11.5 Å². The van der Waals surface area contributed by atoms with E-state index < -0.39 is 11.5 Å². The fraction of sp³-hybridized carbons (Fsp3) is 0.190. The molecule has 0 fully saturated rings. The molecule has 0 bridgehead atoms. The van der Waals surface area contributed by atoms with Gasteiger partial charge in [0.05, 0.1) is 0 Å². The lowest BCUT2D eigenvalue weighted by Crippen LogP contribution is -2.19. The van der Waals surface area contributed by atoms with Crippen molar-refractivity contribution in [2.75, 3.05) is 27.8 Å². The van der Waals surface area contributed by atoms with Crippen molar-refractivity contribution < 1.29 is 18.0 Å². The lowest BCUT2D eigenvalue weighted by molar-refractivity contribution is -0.0328. The van der Waals surface area contributed by atoms with Crippen LogP contribution in [0.3, 0.4) is 0 Å². The minimum Gasteiger partial charge on any atom is -0.354 e. The van der Waals surface area contributed by atoms with Crippen LogP contribution in [0.4, 0.5) is 46.8 Å². The summed E-state index contributed by atoms with van der Waals surface area (Å²) in [5.74, 6) is 1.18. The third kappa shape index (κ3) is 7.34. The van der Waals surface area contributed by atoms with E-state index in [1.54, 1.807) is 24.3 Å². The number of aryl methyl sites for hydroxylation is 1. The van der Waals surface area contributed by atoms with Gasteiger partial charge in [0.15, 0.2) is 0 Å². The standard InChI is InChI=1S/C21H21F3N6OS/c1-3-25-19-26-13(2)12-18(30-19)27-14-4-6-15(7-5-14)28-20(31)29-16-8-10-17(11-9-16)32-21(22,23)24/h4-12H,3H2,1-2H3,(H2,28,29,31)(H2,25,26,27,30). The molecule has 2 amide bonds. The average molecular weight is 463 g/mol. The molecular formula is C21H21F3N6OS. The Morgan fingerprint density at radius 1 is 0.938 bits per heavy atom. The number of alkyl halides is 3. The fourth-order valence-corrected chi connectivity index (χ4v) is 3.23. The molecule has 0 aliphatic rings. The van der Waals surface area contributed by atoms with Gasteiger partial charge in [0.25, 0.3) is 0 Å². The van der Waals surface area contributed by atoms with Gasteiger partial charge in [-0.1, -0.05) is 0 Å². The summed E-state index contributed by atoms with van der Waals surface area (Å²) in [4.78, 5) is 20.9. The summed E-state index contributed by atoms with van der Waals surface area (Å²) in [6.45, 7) is 4.55. The number of amides is 2. The van der Waals surface area contributed by atoms with Gasteiger partial charge in [0, 0.05) is 40.3 Å². The number of urea groups is 1. The first kappa shape index (κ1) is 23.2. The van der Waals surface area contributed by atoms with E-state index >= 15 is 0 Å². The maximum absolute atomic E-state index is 12.4. The number of carbonyl (C=O) groups is 1. The molecule has 32 heavy (non-hydrogen) atoms. The van der Waals surface area contributed by atoms with Crippen molar-refractivity contribution in [2.45, 2.75) is 24.3 Å². The van der Waals surface area contributed by atoms with Crippen molar-refractivity contribution >= 4 is 46.6 Å². The molecule has 0 aliphatic heterocycles. The lowest BCUT2D eigenvalue weighted by atomic mass is 10.2. The highest BCUT2D eigenvalue weighted by molar-refractivity contribution is 8.00. The van der Waals surface area contributed by atoms with E-state index in [4.69, 9.17) is 0 Å². The number of rotatable bonds is 7. The number of nitrogens with zero attached hydrogens (tertiary/aromatic N) is 2. The largest absolute Gasteiger partial charge is 0.446 e. The molecule has 0 atom stereocenters. The Bertz CT molecular complexity index is 1060. The molecule has 4 N–H and O–H groups in total. The number of hydrogen-bond acceptors (Lipinski definition) is 6. The highest BCUT2D eigenvalue weighted by Crippen LogP contribution is 2.37. The minimum absolute atomic E-state index is 0.0445. The molecule has 0 aliphatic carbocycles. The Hall–Kier alpha value is -3.47. The van der Waals surface area contributed by atoms with Gasteiger partial charge in [-0.25, -0.2) is 9.78 Å². The van der Waals surface area contributed by atoms with Crippen molar-refractivity contribution in [2.24, 2.45) is 0 Å². The summed E-state index contributed by atoms with van der Waals surface area (Å²) in [5, 5.41) is 11.5. The predicted molar refractivity (Wildman–Crippen MR) is 122 cm³/mol. The van der Waals surface area contributed by atoms with Crippen LogP contribution in [0.5, 0.6) is 0 Å². The average Bonchev–Trinajstić information content (AvgIpc) is 2.70. The molecule has 7 nitrogen and oxygen atoms in total. The van der Waals surface area contributed by atoms with Crippen molar-refractivity contribution in [3.05, 3.63) is 60.3 Å². The second-order valence-electron chi connectivity index (χ2n) is 6.60. The first-order valence-electron chi connectivity index (χ1n) is 9.60. The zero-order valence-electron chi connectivity index (χ0n) is 17.2. The molecule has 1 heterocycles. The maximum Gasteiger partial charge on any atom is 0.446 e. The number of anilines is 5. The monoisotopic (exact) mass is 462 g/mol. The number of thioether (sulfide) groups is 1. The van der Waals surface area contributed by atoms with E-state index in [2.05, 4.69) is 31.2 Å². The molecule has 0 radical (unpaired) electrons. The SMILES string of the molecule is CCNc1nc(C)cc(Nc2ccc(NC(=O)Nc3ccc(SC(F)(F)F)cc3)cc2)n1. The summed E-state index contributed by atoms with van der Waals surface area (Å²) in [6.07, 6.45) is 0. The van der Waals surface area contributed by atoms with Gasteiger partial charge in [-0.05, 0) is 74.1 Å². The van der Waals surface area contributed by atoms with Crippen LogP contribution in [0.1, 0.15) is 12.6 Å². The van der Waals surface area contributed by atoms with Gasteiger partial charge in [0.1, 0.15) is 5.82 Å². The van der Waals surface area contributed by atoms with Crippen LogP contribution in [0.15, 0.2) is 59.5 Å². The van der Waals surface area contributed by atoms with E-state index in [1.807, 2.05) is 19.9 Å². The molecule has 0 unspecified atom stereocenters. The van der Waals surface area contributed by atoms with Crippen LogP contribution >= 0.6 is 11.8 Å². The maximum atomic E-state index is 12.4. The molecule has 11 heteroatoms. The third-order valence-corrected chi connectivity index (χ3v) is 4.69. The number of benzene rings is 2. The first-order valence-corrected chi connectivity index (χ1v) is 10.4. The summed E-state index contributed by atoms with van der Waals surface area (Å²) >= 11 is -0.209. The number of carbonyl (C=O) groups excluding carboxylic acids is 1. The van der Waals surface area contributed by atoms with E-state index in [-0.39, 0.29) is 16.7 Å². The Kier molecular flexibility index (Phi) is 7.41. The highest BCUT2D eigenvalue weighted by atomic mass is 32.2. The molecule has 0 saturated heterocycles. The van der Waals surface area contributed by atoms with E-state index in [0.29, 0.717) is 29.7 Å². The Morgan fingerprint density at radius 2 is 1.50 bits per heavy atom. The summed E-state index contributed by atoms with van der Waals surface area (Å²) in [7, 11) is 0. The van der Waals surface area contributed by atoms with Crippen molar-refractivity contribution in [1.29, 1.82) is 0 Å². The first-order chi connectivity index (χ1) is 15.2. The Labute approximate surface area is 187 Å². The summed E-state index contributed by atoms with van der Waals surface area (Å²) in [6, 6.07) is 13.7. The third-order valence-electron chi connectivity index (χ3n) is 3.95. The second-order valence-corrected chi connectivity index (χ2v) is 7.74. The predicted octanol–water partition coefficient (Wildman–Crippen LogP) is 6.22. The van der Waals surface area contributed by atoms with Crippen molar-refractivity contribution in [1.82, 2.24) is 9.97 Å². The zero-order chi connectivity index (χ0) is 23.1. The van der Waals surface area contributed by atoms with Crippen LogP contribution in [0.2, 0.25) is 0 Å². The van der Waals surface area contributed by atoms with Crippen molar-refractivity contribution in [3.63, 3.8) is 0 Å². The highest BCUT2D eigenvalue weighted by Gasteiger charge is 2.29. The minimum atomic E-state index is -4.35. The van der Waals surface area contributed by atoms with Gasteiger partial charge < -0.3 is 21.3 Å². The molecule has 0 spiro atoms. The zero-order valence-corrected chi connectivity index (χ0v) is 18.1. The topological polar surface area (TPSA) is 91.0 Å². The number of halogens is 3. The number of nitrogens with one attached hydrogen (secondary N) is 4. The molecule has 2 aromatic carbocycles. The normalized spacial score (nSPS) is 11.0. The van der Waals surface area contributed by atoms with Crippen LogP contribution < -0.4 is 21.3 Å². The number of hydrogen-bond donors (Lipinski definition) is 4. The van der Waals surface area contributed by atoms with E-state index in [0.717, 1.165) is 11.4 Å². The van der Waals surface area contributed by atoms with Crippen LogP contribution in [0, 0.1) is 6.92 Å². The number of aromatic nitrogens is 2. The molecule has 0 saturated carbocycles. The van der Waals surface area contributed by atoms with Crippen LogP contribution in [-0.2, 0) is 0 Å². The van der Waals surface area contributed by atoms with Crippen molar-refractivity contribution in [3.8, 4) is 0 Å². The molecule has 1 aromatic heterocycles. The Morgan fingerprint density at radius 3 is 2.06 bits per heavy atom. The summed E-state index contributed by atoms with van der Waals surface area (Å²) in [5.41, 5.74) is -1.84. The fourth-order valence-electron chi connectivity index (χ4n) is 2.69. The molecule has 3 rings (SSSR count). The van der Waals surface area contributed by atoms with Gasteiger partial charge in [-0.2, -0.15) is 18.2 Å². The Balaban J connectivity index is 1.56. The van der Waals surface area contributed by atoms with Crippen LogP contribution in [-0.4, -0.2) is 28.1 Å². The van der Waals surface area contributed by atoms with E-state index in [1.165, 1.54) is 24.3 Å². The van der Waals surface area contributed by atoms with Gasteiger partial charge in [-0.3, -0.25) is 0 Å². The second kappa shape index (κ2) is 10.2. The quantitative estimate of drug-likeness (QED) is 0.312. The van der Waals surface area contributed by atoms with Crippen LogP contribution in [0.25, 0.3) is 0 Å². The summed E-state index contributed by atoms with van der Waals surface area (Å²) < 4.78 is 37.1.